The molecular weight excluding hydrogens is 344 g/mol. The van der Waals surface area contributed by atoms with Gasteiger partial charge >= 0.3 is 5.97 Å². The fourth-order valence-corrected chi connectivity index (χ4v) is 6.41. The van der Waals surface area contributed by atoms with Crippen molar-refractivity contribution in [3.63, 3.8) is 0 Å². The van der Waals surface area contributed by atoms with E-state index in [1.807, 2.05) is 26.8 Å². The summed E-state index contributed by atoms with van der Waals surface area (Å²) in [6, 6.07) is 0. The van der Waals surface area contributed by atoms with Crippen molar-refractivity contribution in [2.75, 3.05) is 0 Å². The molecule has 0 radical (unpaired) electrons. The summed E-state index contributed by atoms with van der Waals surface area (Å²) < 4.78 is 11.7. The van der Waals surface area contributed by atoms with Crippen molar-refractivity contribution in [1.82, 2.24) is 0 Å². The van der Waals surface area contributed by atoms with Gasteiger partial charge in [-0.25, -0.2) is 4.79 Å². The van der Waals surface area contributed by atoms with Gasteiger partial charge in [0.2, 0.25) is 0 Å². The molecule has 3 aliphatic rings. The van der Waals surface area contributed by atoms with E-state index in [-0.39, 0.29) is 29.7 Å². The molecule has 6 atom stereocenters. The molecule has 0 amide bonds. The minimum atomic E-state index is -0.862. The maximum absolute atomic E-state index is 13.1. The molecule has 0 aliphatic heterocycles. The number of hydrogen-bond donors (Lipinski definition) is 1. The van der Waals surface area contributed by atoms with Gasteiger partial charge in [0.25, 0.3) is 5.95 Å². The number of allylic oxidation sites excluding steroid dienone is 3. The van der Waals surface area contributed by atoms with E-state index in [0.717, 1.165) is 0 Å². The third-order valence-corrected chi connectivity index (χ3v) is 7.48. The van der Waals surface area contributed by atoms with Crippen LogP contribution in [0.2, 0.25) is 0 Å². The maximum Gasteiger partial charge on any atom is 0.333 e. The first-order valence-corrected chi connectivity index (χ1v) is 9.56. The standard InChI is InChI=1S/C22H30O5/c1-8-12(2)18(25)27-19-20(5,6)17-15(26-14(4)23)11-13(3)22(17)10-9-16(24)21(19,22)7/h8-10,13,15,17,19,23H,4,11H2,1-3,5-7H3/b12-8+/t13-,15-,17+,19+,21+,22+/m1/s1. The van der Waals surface area contributed by atoms with Crippen LogP contribution in [0.4, 0.5) is 0 Å². The van der Waals surface area contributed by atoms with Crippen LogP contribution in [0.3, 0.4) is 0 Å². The van der Waals surface area contributed by atoms with Crippen LogP contribution in [-0.4, -0.2) is 29.1 Å². The molecule has 0 aromatic carbocycles. The van der Waals surface area contributed by atoms with E-state index in [1.165, 1.54) is 0 Å². The average Bonchev–Trinajstić information content (AvgIpc) is 3.06. The first-order chi connectivity index (χ1) is 12.4. The SMILES string of the molecule is C=C(O)O[C@@H]1C[C@@H](C)[C@]23C=CC(=O)[C@@]2(C)[C@@H](OC(=O)/C(C)=C/C)C(C)(C)[C@H]13. The molecule has 5 heteroatoms. The zero-order valence-corrected chi connectivity index (χ0v) is 17.0. The summed E-state index contributed by atoms with van der Waals surface area (Å²) >= 11 is 0. The number of ketones is 1. The van der Waals surface area contributed by atoms with E-state index in [9.17, 15) is 14.7 Å². The molecule has 3 aliphatic carbocycles. The predicted octanol–water partition coefficient (Wildman–Crippen LogP) is 4.11. The molecule has 2 saturated carbocycles. The summed E-state index contributed by atoms with van der Waals surface area (Å²) in [5.41, 5.74) is -1.35. The van der Waals surface area contributed by atoms with Crippen molar-refractivity contribution >= 4 is 11.8 Å². The van der Waals surface area contributed by atoms with Gasteiger partial charge in [0, 0.05) is 22.3 Å². The Morgan fingerprint density at radius 3 is 2.52 bits per heavy atom. The fourth-order valence-electron chi connectivity index (χ4n) is 6.41. The first-order valence-electron chi connectivity index (χ1n) is 9.56. The lowest BCUT2D eigenvalue weighted by atomic mass is 9.61. The van der Waals surface area contributed by atoms with Crippen molar-refractivity contribution < 1.29 is 24.2 Å². The molecule has 3 rings (SSSR count). The van der Waals surface area contributed by atoms with Crippen molar-refractivity contribution in [2.24, 2.45) is 28.1 Å². The lowest BCUT2D eigenvalue weighted by molar-refractivity contribution is -0.163. The van der Waals surface area contributed by atoms with E-state index in [0.29, 0.717) is 12.0 Å². The molecule has 0 bridgehead atoms. The zero-order chi connectivity index (χ0) is 20.4. The molecule has 148 valence electrons. The Morgan fingerprint density at radius 1 is 1.33 bits per heavy atom. The Morgan fingerprint density at radius 2 is 1.96 bits per heavy atom. The Hall–Kier alpha value is -2.04. The molecule has 0 aromatic heterocycles. The summed E-state index contributed by atoms with van der Waals surface area (Å²) in [5.74, 6) is -0.696. The van der Waals surface area contributed by atoms with Crippen molar-refractivity contribution in [1.29, 1.82) is 0 Å². The van der Waals surface area contributed by atoms with E-state index in [2.05, 4.69) is 13.5 Å². The van der Waals surface area contributed by atoms with Crippen molar-refractivity contribution in [3.8, 4) is 0 Å². The summed E-state index contributed by atoms with van der Waals surface area (Å²) in [5, 5.41) is 9.67. The van der Waals surface area contributed by atoms with E-state index in [1.54, 1.807) is 26.0 Å². The Kier molecular flexibility index (Phi) is 4.37. The van der Waals surface area contributed by atoms with E-state index >= 15 is 0 Å². The molecule has 1 N–H and O–H groups in total. The Bertz CT molecular complexity index is 761. The number of aliphatic hydroxyl groups is 1. The highest BCUT2D eigenvalue weighted by atomic mass is 16.6. The summed E-state index contributed by atoms with van der Waals surface area (Å²) in [6.45, 7) is 15.1. The van der Waals surface area contributed by atoms with Crippen LogP contribution < -0.4 is 0 Å². The van der Waals surface area contributed by atoms with Crippen LogP contribution in [0.1, 0.15) is 48.0 Å². The summed E-state index contributed by atoms with van der Waals surface area (Å²) in [6.07, 6.45) is 5.16. The second-order valence-corrected chi connectivity index (χ2v) is 9.08. The normalized spacial score (nSPS) is 42.0. The van der Waals surface area contributed by atoms with Crippen LogP contribution in [0, 0.1) is 28.1 Å². The minimum Gasteiger partial charge on any atom is -0.481 e. The molecule has 0 heterocycles. The van der Waals surface area contributed by atoms with E-state index < -0.39 is 28.3 Å². The number of carbonyl (C=O) groups is 2. The molecule has 5 nitrogen and oxygen atoms in total. The molecular formula is C22H30O5. The Balaban J connectivity index is 2.14. The molecule has 1 spiro atoms. The van der Waals surface area contributed by atoms with Crippen LogP contribution >= 0.6 is 0 Å². The van der Waals surface area contributed by atoms with Crippen LogP contribution in [0.5, 0.6) is 0 Å². The van der Waals surface area contributed by atoms with Crippen LogP contribution in [0.25, 0.3) is 0 Å². The van der Waals surface area contributed by atoms with Crippen molar-refractivity contribution in [3.05, 3.63) is 36.3 Å². The van der Waals surface area contributed by atoms with Gasteiger partial charge in [0.15, 0.2) is 5.78 Å². The molecule has 2 fully saturated rings. The number of carbonyl (C=O) groups excluding carboxylic acids is 2. The van der Waals surface area contributed by atoms with Gasteiger partial charge in [-0.3, -0.25) is 4.79 Å². The smallest absolute Gasteiger partial charge is 0.333 e. The monoisotopic (exact) mass is 374 g/mol. The van der Waals surface area contributed by atoms with Gasteiger partial charge in [-0.15, -0.1) is 0 Å². The Labute approximate surface area is 161 Å². The van der Waals surface area contributed by atoms with Crippen LogP contribution in [0.15, 0.2) is 36.3 Å². The van der Waals surface area contributed by atoms with E-state index in [4.69, 9.17) is 9.47 Å². The number of esters is 1. The van der Waals surface area contributed by atoms with Gasteiger partial charge in [0.05, 0.1) is 5.41 Å². The molecule has 27 heavy (non-hydrogen) atoms. The van der Waals surface area contributed by atoms with Crippen molar-refractivity contribution in [2.45, 2.75) is 60.2 Å². The molecule has 0 saturated heterocycles. The summed E-state index contributed by atoms with van der Waals surface area (Å²) in [4.78, 5) is 25.7. The van der Waals surface area contributed by atoms with Crippen LogP contribution in [-0.2, 0) is 19.1 Å². The van der Waals surface area contributed by atoms with Gasteiger partial charge in [-0.2, -0.15) is 0 Å². The third kappa shape index (κ3) is 2.29. The van der Waals surface area contributed by atoms with Gasteiger partial charge in [0.1, 0.15) is 12.2 Å². The first kappa shape index (κ1) is 19.7. The number of rotatable bonds is 4. The van der Waals surface area contributed by atoms with Gasteiger partial charge in [-0.05, 0) is 45.8 Å². The predicted molar refractivity (Wildman–Crippen MR) is 102 cm³/mol. The fraction of sp³-hybridized carbons (Fsp3) is 0.636. The number of hydrogen-bond acceptors (Lipinski definition) is 5. The average molecular weight is 374 g/mol. The second-order valence-electron chi connectivity index (χ2n) is 9.08. The molecule has 0 aromatic rings. The lowest BCUT2D eigenvalue weighted by Crippen LogP contribution is -2.49. The highest BCUT2D eigenvalue weighted by molar-refractivity contribution is 6.00. The quantitative estimate of drug-likeness (QED) is 0.455. The lowest BCUT2D eigenvalue weighted by Gasteiger charge is -2.41. The summed E-state index contributed by atoms with van der Waals surface area (Å²) in [7, 11) is 0. The number of ether oxygens (including phenoxy) is 2. The topological polar surface area (TPSA) is 72.8 Å². The maximum atomic E-state index is 13.1. The van der Waals surface area contributed by atoms with Gasteiger partial charge < -0.3 is 14.6 Å². The minimum absolute atomic E-state index is 0.00988. The second kappa shape index (κ2) is 5.98. The van der Waals surface area contributed by atoms with Gasteiger partial charge in [-0.1, -0.05) is 32.9 Å². The third-order valence-electron chi connectivity index (χ3n) is 7.48. The zero-order valence-electron chi connectivity index (χ0n) is 17.0. The highest BCUT2D eigenvalue weighted by Crippen LogP contribution is 2.75. The number of aliphatic hydroxyl groups excluding tert-OH is 1. The highest BCUT2D eigenvalue weighted by Gasteiger charge is 2.80. The largest absolute Gasteiger partial charge is 0.481 e. The molecule has 0 unspecified atom stereocenters.